The van der Waals surface area contributed by atoms with Crippen LogP contribution in [-0.2, 0) is 4.74 Å². The highest BCUT2D eigenvalue weighted by molar-refractivity contribution is 5.53. The molecule has 0 aromatic carbocycles. The van der Waals surface area contributed by atoms with Gasteiger partial charge >= 0.3 is 0 Å². The molecule has 1 unspecified atom stereocenters. The number of ether oxygens (including phenoxy) is 1. The summed E-state index contributed by atoms with van der Waals surface area (Å²) in [5.41, 5.74) is 4.19. The second-order valence-electron chi connectivity index (χ2n) is 5.24. The van der Waals surface area contributed by atoms with Crippen LogP contribution in [0, 0.1) is 13.8 Å². The minimum Gasteiger partial charge on any atom is -0.472 e. The molecule has 1 N–H and O–H groups in total. The second kappa shape index (κ2) is 7.33. The average molecular weight is 289 g/mol. The van der Waals surface area contributed by atoms with Crippen molar-refractivity contribution in [2.45, 2.75) is 26.7 Å². The number of aryl methyl sites for hydroxylation is 2. The topological polar surface area (TPSA) is 60.2 Å². The molecule has 0 aliphatic heterocycles. The molecule has 2 rings (SSSR count). The molecule has 0 saturated heterocycles. The third kappa shape index (κ3) is 3.89. The van der Waals surface area contributed by atoms with E-state index in [4.69, 9.17) is 9.15 Å². The third-order valence-electron chi connectivity index (χ3n) is 3.53. The molecule has 1 atom stereocenters. The van der Waals surface area contributed by atoms with Gasteiger partial charge in [0.15, 0.2) is 5.82 Å². The average Bonchev–Trinajstić information content (AvgIpc) is 2.97. The Hall–Kier alpha value is -1.72. The second-order valence-corrected chi connectivity index (χ2v) is 5.24. The van der Waals surface area contributed by atoms with Gasteiger partial charge in [0, 0.05) is 31.6 Å². The number of aromatic nitrogens is 2. The van der Waals surface area contributed by atoms with Gasteiger partial charge in [0.05, 0.1) is 18.4 Å². The highest BCUT2D eigenvalue weighted by atomic mass is 16.5. The lowest BCUT2D eigenvalue weighted by Crippen LogP contribution is -2.25. The van der Waals surface area contributed by atoms with Gasteiger partial charge in [0.25, 0.3) is 0 Å². The van der Waals surface area contributed by atoms with Crippen molar-refractivity contribution in [1.29, 1.82) is 0 Å². The van der Waals surface area contributed by atoms with Crippen molar-refractivity contribution in [3.05, 3.63) is 35.5 Å². The molecule has 2 aromatic rings. The van der Waals surface area contributed by atoms with Gasteiger partial charge in [-0.1, -0.05) is 6.92 Å². The van der Waals surface area contributed by atoms with E-state index in [2.05, 4.69) is 22.2 Å². The first kappa shape index (κ1) is 15.7. The predicted octanol–water partition coefficient (Wildman–Crippen LogP) is 2.69. The van der Waals surface area contributed by atoms with Crippen LogP contribution in [0.25, 0.3) is 11.4 Å². The Morgan fingerprint density at radius 2 is 2.00 bits per heavy atom. The molecular formula is C16H23N3O2. The van der Waals surface area contributed by atoms with Crippen molar-refractivity contribution in [3.8, 4) is 11.4 Å². The van der Waals surface area contributed by atoms with Gasteiger partial charge in [-0.15, -0.1) is 0 Å². The monoisotopic (exact) mass is 289 g/mol. The maximum Gasteiger partial charge on any atom is 0.162 e. The number of furan rings is 1. The molecule has 0 amide bonds. The summed E-state index contributed by atoms with van der Waals surface area (Å²) in [6, 6.07) is 1.88. The summed E-state index contributed by atoms with van der Waals surface area (Å²) in [5, 5.41) is 3.39. The van der Waals surface area contributed by atoms with Crippen LogP contribution in [0.1, 0.15) is 29.8 Å². The lowest BCUT2D eigenvalue weighted by atomic mass is 9.98. The Labute approximate surface area is 125 Å². The fourth-order valence-corrected chi connectivity index (χ4v) is 2.55. The van der Waals surface area contributed by atoms with Gasteiger partial charge in [0.1, 0.15) is 6.26 Å². The summed E-state index contributed by atoms with van der Waals surface area (Å²) in [7, 11) is 1.71. The number of hydrogen-bond acceptors (Lipinski definition) is 5. The molecule has 0 spiro atoms. The molecule has 0 aliphatic carbocycles. The van der Waals surface area contributed by atoms with E-state index < -0.39 is 0 Å². The van der Waals surface area contributed by atoms with Gasteiger partial charge in [-0.05, 0) is 31.4 Å². The lowest BCUT2D eigenvalue weighted by Gasteiger charge is -2.17. The van der Waals surface area contributed by atoms with Crippen molar-refractivity contribution in [2.75, 3.05) is 26.8 Å². The maximum absolute atomic E-state index is 5.10. The Balaban J connectivity index is 2.13. The van der Waals surface area contributed by atoms with E-state index in [0.717, 1.165) is 42.5 Å². The van der Waals surface area contributed by atoms with Crippen LogP contribution in [-0.4, -0.2) is 36.8 Å². The Kier molecular flexibility index (Phi) is 5.47. The van der Waals surface area contributed by atoms with E-state index >= 15 is 0 Å². The first-order valence-electron chi connectivity index (χ1n) is 7.20. The summed E-state index contributed by atoms with van der Waals surface area (Å²) >= 11 is 0. The smallest absolute Gasteiger partial charge is 0.162 e. The molecule has 0 fully saturated rings. The summed E-state index contributed by atoms with van der Waals surface area (Å²) in [6.45, 7) is 8.74. The Bertz CT molecular complexity index is 544. The fourth-order valence-electron chi connectivity index (χ4n) is 2.55. The highest BCUT2D eigenvalue weighted by Gasteiger charge is 2.16. The summed E-state index contributed by atoms with van der Waals surface area (Å²) in [6.07, 6.45) is 3.31. The van der Waals surface area contributed by atoms with E-state index in [9.17, 15) is 0 Å². The van der Waals surface area contributed by atoms with Crippen molar-refractivity contribution < 1.29 is 9.15 Å². The summed E-state index contributed by atoms with van der Waals surface area (Å²) in [4.78, 5) is 9.24. The first-order chi connectivity index (χ1) is 10.1. The summed E-state index contributed by atoms with van der Waals surface area (Å²) < 4.78 is 10.1. The molecule has 0 aliphatic rings. The Morgan fingerprint density at radius 1 is 1.29 bits per heavy atom. The minimum atomic E-state index is 0.361. The molecule has 5 nitrogen and oxygen atoms in total. The van der Waals surface area contributed by atoms with Crippen molar-refractivity contribution in [3.63, 3.8) is 0 Å². The van der Waals surface area contributed by atoms with Crippen LogP contribution in [0.4, 0.5) is 0 Å². The zero-order valence-electron chi connectivity index (χ0n) is 13.1. The third-order valence-corrected chi connectivity index (χ3v) is 3.53. The molecule has 5 heteroatoms. The minimum absolute atomic E-state index is 0.361. The molecule has 0 bridgehead atoms. The number of rotatable bonds is 7. The molecular weight excluding hydrogens is 266 g/mol. The maximum atomic E-state index is 5.10. The molecule has 114 valence electrons. The predicted molar refractivity (Wildman–Crippen MR) is 82.4 cm³/mol. The number of hydrogen-bond donors (Lipinski definition) is 1. The van der Waals surface area contributed by atoms with E-state index in [1.807, 2.05) is 19.9 Å². The lowest BCUT2D eigenvalue weighted by molar-refractivity contribution is 0.199. The van der Waals surface area contributed by atoms with Crippen LogP contribution in [0.5, 0.6) is 0 Å². The van der Waals surface area contributed by atoms with E-state index in [0.29, 0.717) is 5.92 Å². The van der Waals surface area contributed by atoms with Crippen molar-refractivity contribution in [1.82, 2.24) is 15.3 Å². The van der Waals surface area contributed by atoms with Crippen LogP contribution in [0.2, 0.25) is 0 Å². The zero-order valence-corrected chi connectivity index (χ0v) is 13.1. The van der Waals surface area contributed by atoms with Crippen molar-refractivity contribution >= 4 is 0 Å². The zero-order chi connectivity index (χ0) is 15.2. The normalized spacial score (nSPS) is 12.6. The highest BCUT2D eigenvalue weighted by Crippen LogP contribution is 2.24. The van der Waals surface area contributed by atoms with Gasteiger partial charge in [-0.3, -0.25) is 0 Å². The van der Waals surface area contributed by atoms with E-state index in [1.54, 1.807) is 19.6 Å². The molecule has 2 aromatic heterocycles. The van der Waals surface area contributed by atoms with Crippen molar-refractivity contribution in [2.24, 2.45) is 0 Å². The number of nitrogens with one attached hydrogen (secondary N) is 1. The molecule has 2 heterocycles. The number of methoxy groups -OCH3 is 1. The first-order valence-corrected chi connectivity index (χ1v) is 7.20. The van der Waals surface area contributed by atoms with E-state index in [-0.39, 0.29) is 0 Å². The quantitative estimate of drug-likeness (QED) is 0.794. The van der Waals surface area contributed by atoms with Gasteiger partial charge < -0.3 is 14.5 Å². The standard InChI is InChI=1S/C16H23N3O2/c1-11(9-17-6-8-20-4)15-12(2)18-16(19-13(15)3)14-5-7-21-10-14/h5,7,10-11,17H,6,8-9H2,1-4H3. The number of nitrogens with zero attached hydrogens (tertiary/aromatic N) is 2. The van der Waals surface area contributed by atoms with Crippen LogP contribution in [0.3, 0.4) is 0 Å². The van der Waals surface area contributed by atoms with E-state index in [1.165, 1.54) is 5.56 Å². The van der Waals surface area contributed by atoms with Gasteiger partial charge in [-0.2, -0.15) is 0 Å². The summed E-state index contributed by atoms with van der Waals surface area (Å²) in [5.74, 6) is 1.09. The largest absolute Gasteiger partial charge is 0.472 e. The van der Waals surface area contributed by atoms with Gasteiger partial charge in [0.2, 0.25) is 0 Å². The molecule has 0 saturated carbocycles. The van der Waals surface area contributed by atoms with Crippen LogP contribution >= 0.6 is 0 Å². The Morgan fingerprint density at radius 3 is 2.57 bits per heavy atom. The van der Waals surface area contributed by atoms with Crippen LogP contribution < -0.4 is 5.32 Å². The van der Waals surface area contributed by atoms with Gasteiger partial charge in [-0.25, -0.2) is 9.97 Å². The molecule has 21 heavy (non-hydrogen) atoms. The fraction of sp³-hybridized carbons (Fsp3) is 0.500. The SMILES string of the molecule is COCCNCC(C)c1c(C)nc(-c2ccoc2)nc1C. The molecule has 0 radical (unpaired) electrons. The van der Waals surface area contributed by atoms with Crippen LogP contribution in [0.15, 0.2) is 23.0 Å².